The zero-order valence-electron chi connectivity index (χ0n) is 16.7. The van der Waals surface area contributed by atoms with Crippen molar-refractivity contribution < 1.29 is 27.5 Å². The van der Waals surface area contributed by atoms with E-state index in [2.05, 4.69) is 5.16 Å². The second-order valence-corrected chi connectivity index (χ2v) is 7.70. The topological polar surface area (TPSA) is 52.3 Å². The lowest BCUT2D eigenvalue weighted by atomic mass is 9.86. The largest absolute Gasteiger partial charge is 0.461 e. The highest BCUT2D eigenvalue weighted by molar-refractivity contribution is 6.30. The van der Waals surface area contributed by atoms with Gasteiger partial charge in [0.2, 0.25) is 0 Å². The first-order valence-electron chi connectivity index (χ1n) is 9.53. The van der Waals surface area contributed by atoms with Crippen LogP contribution in [-0.2, 0) is 15.2 Å². The Labute approximate surface area is 181 Å². The molecule has 3 heterocycles. The number of halogens is 4. The predicted octanol–water partition coefficient (Wildman–Crippen LogP) is 5.66. The molecule has 1 atom stereocenters. The Morgan fingerprint density at radius 3 is 2.74 bits per heavy atom. The molecule has 1 unspecified atom stereocenters. The van der Waals surface area contributed by atoms with Crippen LogP contribution in [0.2, 0.25) is 5.02 Å². The molecule has 162 valence electrons. The van der Waals surface area contributed by atoms with Crippen molar-refractivity contribution in [1.29, 1.82) is 0 Å². The van der Waals surface area contributed by atoms with E-state index in [4.69, 9.17) is 21.2 Å². The van der Waals surface area contributed by atoms with Gasteiger partial charge in [0, 0.05) is 22.3 Å². The van der Waals surface area contributed by atoms with Crippen LogP contribution in [0, 0.1) is 6.92 Å². The van der Waals surface area contributed by atoms with Gasteiger partial charge in [-0.1, -0.05) is 22.8 Å². The van der Waals surface area contributed by atoms with Crippen LogP contribution in [0.3, 0.4) is 0 Å². The first kappa shape index (κ1) is 21.2. The monoisotopic (exact) mass is 450 g/mol. The fourth-order valence-corrected chi connectivity index (χ4v) is 4.06. The van der Waals surface area contributed by atoms with Gasteiger partial charge < -0.3 is 14.0 Å². The molecule has 5 nitrogen and oxygen atoms in total. The van der Waals surface area contributed by atoms with Gasteiger partial charge in [-0.15, -0.1) is 0 Å². The lowest BCUT2D eigenvalue weighted by molar-refractivity contribution is -0.275. The number of rotatable bonds is 4. The van der Waals surface area contributed by atoms with Crippen molar-refractivity contribution in [2.45, 2.75) is 32.0 Å². The maximum absolute atomic E-state index is 14.3. The molecule has 0 fully saturated rings. The molecule has 31 heavy (non-hydrogen) atoms. The Morgan fingerprint density at radius 2 is 2.06 bits per heavy atom. The highest BCUT2D eigenvalue weighted by atomic mass is 35.5. The Hall–Kier alpha value is -3.00. The van der Waals surface area contributed by atoms with E-state index >= 15 is 0 Å². The molecule has 1 aromatic carbocycles. The molecule has 1 aliphatic rings. The minimum atomic E-state index is -4.74. The number of esters is 1. The molecule has 0 saturated heterocycles. The third-order valence-electron chi connectivity index (χ3n) is 5.18. The number of aryl methyl sites for hydroxylation is 1. The summed E-state index contributed by atoms with van der Waals surface area (Å²) in [4.78, 5) is 17.3. The summed E-state index contributed by atoms with van der Waals surface area (Å²) >= 11 is 6.02. The molecule has 0 spiro atoms. The average Bonchev–Trinajstić information content (AvgIpc) is 3.34. The molecule has 1 aliphatic heterocycles. The summed E-state index contributed by atoms with van der Waals surface area (Å²) in [5.41, 5.74) is -0.849. The molecule has 2 aromatic heterocycles. The minimum absolute atomic E-state index is 0.113. The molecule has 4 rings (SSSR count). The number of carbonyl (C=O) groups is 1. The average molecular weight is 451 g/mol. The lowest BCUT2D eigenvalue weighted by Gasteiger charge is -2.30. The van der Waals surface area contributed by atoms with Gasteiger partial charge in [-0.2, -0.15) is 13.2 Å². The molecule has 9 heteroatoms. The third-order valence-corrected chi connectivity index (χ3v) is 5.40. The van der Waals surface area contributed by atoms with Gasteiger partial charge in [0.05, 0.1) is 24.3 Å². The Morgan fingerprint density at radius 1 is 1.29 bits per heavy atom. The summed E-state index contributed by atoms with van der Waals surface area (Å²) in [5.74, 6) is -0.529. The van der Waals surface area contributed by atoms with E-state index in [0.29, 0.717) is 16.6 Å². The highest BCUT2D eigenvalue weighted by Crippen LogP contribution is 2.49. The molecule has 0 N–H and O–H groups in total. The number of pyridine rings is 1. The van der Waals surface area contributed by atoms with E-state index in [1.807, 2.05) is 0 Å². The molecular formula is C22H18ClF3N2O3. The van der Waals surface area contributed by atoms with Crippen LogP contribution in [0.25, 0.3) is 5.52 Å². The van der Waals surface area contributed by atoms with Gasteiger partial charge in [0.25, 0.3) is 5.60 Å². The van der Waals surface area contributed by atoms with Crippen LogP contribution in [0.1, 0.15) is 40.5 Å². The van der Waals surface area contributed by atoms with Crippen molar-refractivity contribution in [2.24, 2.45) is 5.16 Å². The number of hydrogen-bond donors (Lipinski definition) is 0. The summed E-state index contributed by atoms with van der Waals surface area (Å²) in [6.45, 7) is 3.56. The fourth-order valence-electron chi connectivity index (χ4n) is 3.77. The number of ether oxygens (including phenoxy) is 1. The van der Waals surface area contributed by atoms with Crippen LogP contribution < -0.4 is 0 Å². The third kappa shape index (κ3) is 3.54. The zero-order chi connectivity index (χ0) is 22.4. The summed E-state index contributed by atoms with van der Waals surface area (Å²) in [7, 11) is 0. The van der Waals surface area contributed by atoms with Gasteiger partial charge in [0.15, 0.2) is 0 Å². The van der Waals surface area contributed by atoms with Crippen molar-refractivity contribution in [1.82, 2.24) is 4.40 Å². The number of hydrogen-bond acceptors (Lipinski definition) is 4. The van der Waals surface area contributed by atoms with Gasteiger partial charge in [-0.3, -0.25) is 0 Å². The lowest BCUT2D eigenvalue weighted by Crippen LogP contribution is -2.42. The van der Waals surface area contributed by atoms with Gasteiger partial charge >= 0.3 is 12.1 Å². The molecule has 0 bridgehead atoms. The number of oxime groups is 1. The van der Waals surface area contributed by atoms with E-state index in [1.165, 1.54) is 18.2 Å². The maximum Gasteiger partial charge on any atom is 0.435 e. The highest BCUT2D eigenvalue weighted by Gasteiger charge is 2.62. The normalized spacial score (nSPS) is 18.7. The quantitative estimate of drug-likeness (QED) is 0.482. The summed E-state index contributed by atoms with van der Waals surface area (Å²) in [6, 6.07) is 10.7. The number of alkyl halides is 3. The second-order valence-electron chi connectivity index (χ2n) is 7.26. The summed E-state index contributed by atoms with van der Waals surface area (Å²) in [6.07, 6.45) is -3.63. The number of benzene rings is 1. The van der Waals surface area contributed by atoms with Gasteiger partial charge in [-0.25, -0.2) is 4.79 Å². The van der Waals surface area contributed by atoms with E-state index in [-0.39, 0.29) is 28.6 Å². The van der Waals surface area contributed by atoms with Gasteiger partial charge in [-0.05, 0) is 55.8 Å². The number of aromatic nitrogens is 1. The van der Waals surface area contributed by atoms with Crippen LogP contribution in [0.4, 0.5) is 13.2 Å². The smallest absolute Gasteiger partial charge is 0.435 e. The fraction of sp³-hybridized carbons (Fsp3) is 0.273. The van der Waals surface area contributed by atoms with Crippen LogP contribution in [0.5, 0.6) is 0 Å². The predicted molar refractivity (Wildman–Crippen MR) is 110 cm³/mol. The number of nitrogens with zero attached hydrogens (tertiary/aromatic N) is 2. The SMILES string of the molecule is CCOC(=O)c1ccc(C2=NOC(c3cc(C)cc(Cl)c3)(C(F)(F)F)C2)c2cccn12. The standard InChI is InChI=1S/C22H18ClF3N2O3/c1-3-30-20(29)19-7-6-16(18-5-4-8-28(18)19)17-12-21(31-27-17,22(24,25)26)14-9-13(2)10-15(23)11-14/h4-11H,3,12H2,1-2H3. The van der Waals surface area contributed by atoms with Crippen LogP contribution >= 0.6 is 11.6 Å². The number of carbonyl (C=O) groups excluding carboxylic acids is 1. The van der Waals surface area contributed by atoms with E-state index in [1.54, 1.807) is 48.7 Å². The second kappa shape index (κ2) is 7.60. The molecule has 0 aliphatic carbocycles. The first-order chi connectivity index (χ1) is 14.7. The number of fused-ring (bicyclic) bond motifs is 1. The van der Waals surface area contributed by atoms with Crippen molar-refractivity contribution >= 4 is 28.8 Å². The Kier molecular flexibility index (Phi) is 5.21. The first-order valence-corrected chi connectivity index (χ1v) is 9.91. The van der Waals surface area contributed by atoms with Gasteiger partial charge in [0.1, 0.15) is 5.69 Å². The molecule has 0 radical (unpaired) electrons. The maximum atomic E-state index is 14.3. The zero-order valence-corrected chi connectivity index (χ0v) is 17.4. The van der Waals surface area contributed by atoms with Crippen molar-refractivity contribution in [3.05, 3.63) is 76.1 Å². The molecule has 3 aromatic rings. The van der Waals surface area contributed by atoms with Crippen molar-refractivity contribution in [3.63, 3.8) is 0 Å². The summed E-state index contributed by atoms with van der Waals surface area (Å²) in [5, 5.41) is 4.01. The van der Waals surface area contributed by atoms with Crippen LogP contribution in [0.15, 0.2) is 53.8 Å². The van der Waals surface area contributed by atoms with E-state index in [0.717, 1.165) is 0 Å². The van der Waals surface area contributed by atoms with E-state index in [9.17, 15) is 18.0 Å². The molecule has 0 saturated carbocycles. The van der Waals surface area contributed by atoms with E-state index < -0.39 is 24.2 Å². The molecule has 0 amide bonds. The van der Waals surface area contributed by atoms with Crippen LogP contribution in [-0.4, -0.2) is 28.9 Å². The van der Waals surface area contributed by atoms with Crippen molar-refractivity contribution in [2.75, 3.05) is 6.61 Å². The minimum Gasteiger partial charge on any atom is -0.461 e. The Bertz CT molecular complexity index is 1180. The van der Waals surface area contributed by atoms with Crippen molar-refractivity contribution in [3.8, 4) is 0 Å². The Balaban J connectivity index is 1.78. The summed E-state index contributed by atoms with van der Waals surface area (Å²) < 4.78 is 49.4. The molecular weight excluding hydrogens is 433 g/mol.